The molecule has 0 aliphatic rings. The summed E-state index contributed by atoms with van der Waals surface area (Å²) in [5, 5.41) is 0. The van der Waals surface area contributed by atoms with Crippen LogP contribution < -0.4 is 28.5 Å². The SMILES string of the molecule is C[n+]1cccc(C(=O)OC(C)(C)C)c1.[I-]. The van der Waals surface area contributed by atoms with Crippen molar-refractivity contribution in [1.29, 1.82) is 0 Å². The summed E-state index contributed by atoms with van der Waals surface area (Å²) in [5.41, 5.74) is 0.135. The smallest absolute Gasteiger partial charge is 0.344 e. The van der Waals surface area contributed by atoms with Crippen LogP contribution in [0.5, 0.6) is 0 Å². The predicted molar refractivity (Wildman–Crippen MR) is 52.8 cm³/mol. The number of aromatic nitrogens is 1. The van der Waals surface area contributed by atoms with Crippen LogP contribution in [0, 0.1) is 0 Å². The zero-order valence-corrected chi connectivity index (χ0v) is 11.6. The van der Waals surface area contributed by atoms with Gasteiger partial charge >= 0.3 is 5.97 Å². The fourth-order valence-electron chi connectivity index (χ4n) is 1.05. The summed E-state index contributed by atoms with van der Waals surface area (Å²) >= 11 is 0. The van der Waals surface area contributed by atoms with Crippen molar-refractivity contribution in [3.05, 3.63) is 30.1 Å². The fourth-order valence-corrected chi connectivity index (χ4v) is 1.05. The largest absolute Gasteiger partial charge is 1.00 e. The van der Waals surface area contributed by atoms with E-state index < -0.39 is 5.60 Å². The van der Waals surface area contributed by atoms with Gasteiger partial charge in [-0.25, -0.2) is 9.36 Å². The van der Waals surface area contributed by atoms with Crippen molar-refractivity contribution >= 4 is 5.97 Å². The van der Waals surface area contributed by atoms with Crippen LogP contribution in [-0.4, -0.2) is 11.6 Å². The molecule has 1 aromatic rings. The van der Waals surface area contributed by atoms with E-state index in [0.717, 1.165) is 0 Å². The van der Waals surface area contributed by atoms with Gasteiger partial charge in [-0.1, -0.05) is 0 Å². The van der Waals surface area contributed by atoms with Crippen molar-refractivity contribution in [2.45, 2.75) is 26.4 Å². The first kappa shape index (κ1) is 14.3. The molecule has 0 aliphatic heterocycles. The molecule has 0 saturated heterocycles. The summed E-state index contributed by atoms with van der Waals surface area (Å²) in [6.07, 6.45) is 3.61. The Bertz CT molecular complexity index is 345. The van der Waals surface area contributed by atoms with E-state index in [1.807, 2.05) is 44.6 Å². The van der Waals surface area contributed by atoms with Gasteiger partial charge in [0.1, 0.15) is 18.2 Å². The summed E-state index contributed by atoms with van der Waals surface area (Å²) in [4.78, 5) is 11.6. The Morgan fingerprint density at radius 3 is 2.47 bits per heavy atom. The van der Waals surface area contributed by atoms with Crippen molar-refractivity contribution in [3.8, 4) is 0 Å². The zero-order chi connectivity index (χ0) is 10.8. The highest BCUT2D eigenvalue weighted by molar-refractivity contribution is 5.88. The fraction of sp³-hybridized carbons (Fsp3) is 0.455. The number of carbonyl (C=O) groups is 1. The Morgan fingerprint density at radius 1 is 1.40 bits per heavy atom. The highest BCUT2D eigenvalue weighted by Gasteiger charge is 2.19. The minimum absolute atomic E-state index is 0. The third kappa shape index (κ3) is 5.11. The maximum absolute atomic E-state index is 11.6. The second kappa shape index (κ2) is 5.44. The molecule has 0 unspecified atom stereocenters. The number of rotatable bonds is 1. The van der Waals surface area contributed by atoms with Crippen molar-refractivity contribution in [1.82, 2.24) is 0 Å². The standard InChI is InChI=1S/C11H16NO2.HI/c1-11(2,3)14-10(13)9-6-5-7-12(4)8-9;/h5-8H,1-4H3;1H/q+1;/p-1. The number of hydrogen-bond acceptors (Lipinski definition) is 2. The van der Waals surface area contributed by atoms with Crippen molar-refractivity contribution < 1.29 is 38.1 Å². The minimum Gasteiger partial charge on any atom is -1.00 e. The van der Waals surface area contributed by atoms with Crippen LogP contribution in [-0.2, 0) is 11.8 Å². The summed E-state index contributed by atoms with van der Waals surface area (Å²) in [5.74, 6) is -0.284. The van der Waals surface area contributed by atoms with Gasteiger partial charge < -0.3 is 28.7 Å². The maximum atomic E-state index is 11.6. The zero-order valence-electron chi connectivity index (χ0n) is 9.45. The van der Waals surface area contributed by atoms with Crippen LogP contribution >= 0.6 is 0 Å². The van der Waals surface area contributed by atoms with Crippen molar-refractivity contribution in [3.63, 3.8) is 0 Å². The summed E-state index contributed by atoms with van der Waals surface area (Å²) in [6.45, 7) is 5.56. The molecule has 0 radical (unpaired) electrons. The average molecular weight is 321 g/mol. The van der Waals surface area contributed by atoms with Gasteiger partial charge in [0.15, 0.2) is 12.4 Å². The van der Waals surface area contributed by atoms with E-state index in [9.17, 15) is 4.79 Å². The molecule has 1 heterocycles. The normalized spacial score (nSPS) is 10.4. The quantitative estimate of drug-likeness (QED) is 0.357. The molecule has 1 rings (SSSR count). The van der Waals surface area contributed by atoms with Gasteiger partial charge in [0.25, 0.3) is 0 Å². The molecule has 15 heavy (non-hydrogen) atoms. The first-order valence-corrected chi connectivity index (χ1v) is 4.57. The highest BCUT2D eigenvalue weighted by atomic mass is 127. The van der Waals surface area contributed by atoms with E-state index in [1.165, 1.54) is 0 Å². The molecule has 0 aliphatic carbocycles. The third-order valence-corrected chi connectivity index (χ3v) is 1.57. The highest BCUT2D eigenvalue weighted by Crippen LogP contribution is 2.10. The van der Waals surface area contributed by atoms with E-state index in [1.54, 1.807) is 12.3 Å². The van der Waals surface area contributed by atoms with Gasteiger partial charge in [0, 0.05) is 6.07 Å². The summed E-state index contributed by atoms with van der Waals surface area (Å²) in [7, 11) is 1.87. The lowest BCUT2D eigenvalue weighted by Crippen LogP contribution is -3.00. The van der Waals surface area contributed by atoms with Gasteiger partial charge in [0.2, 0.25) is 0 Å². The van der Waals surface area contributed by atoms with Crippen LogP contribution in [0.1, 0.15) is 31.1 Å². The number of carbonyl (C=O) groups excluding carboxylic acids is 1. The Kier molecular flexibility index (Phi) is 5.20. The molecule has 0 spiro atoms. The molecule has 1 aromatic heterocycles. The summed E-state index contributed by atoms with van der Waals surface area (Å²) in [6, 6.07) is 3.56. The van der Waals surface area contributed by atoms with Crippen LogP contribution in [0.25, 0.3) is 0 Å². The molecule has 3 nitrogen and oxygen atoms in total. The molecule has 0 bridgehead atoms. The molecule has 0 amide bonds. The predicted octanol–water partition coefficient (Wildman–Crippen LogP) is -1.53. The molecular formula is C11H16INO2. The van der Waals surface area contributed by atoms with Crippen LogP contribution in [0.15, 0.2) is 24.5 Å². The number of ether oxygens (including phenoxy) is 1. The van der Waals surface area contributed by atoms with Gasteiger partial charge in [-0.2, -0.15) is 0 Å². The van der Waals surface area contributed by atoms with E-state index in [2.05, 4.69) is 0 Å². The lowest BCUT2D eigenvalue weighted by molar-refractivity contribution is -0.671. The Morgan fingerprint density at radius 2 is 2.00 bits per heavy atom. The average Bonchev–Trinajstić information content (AvgIpc) is 2.01. The molecule has 84 valence electrons. The first-order valence-electron chi connectivity index (χ1n) is 4.57. The number of hydrogen-bond donors (Lipinski definition) is 0. The van der Waals surface area contributed by atoms with Gasteiger partial charge in [-0.15, -0.1) is 0 Å². The van der Waals surface area contributed by atoms with E-state index in [4.69, 9.17) is 4.74 Å². The van der Waals surface area contributed by atoms with E-state index >= 15 is 0 Å². The van der Waals surface area contributed by atoms with Gasteiger partial charge in [-0.05, 0) is 26.8 Å². The molecule has 0 fully saturated rings. The van der Waals surface area contributed by atoms with E-state index in [0.29, 0.717) is 5.56 Å². The Hall–Kier alpha value is -0.650. The van der Waals surface area contributed by atoms with Crippen LogP contribution in [0.4, 0.5) is 0 Å². The maximum Gasteiger partial charge on any atom is 0.344 e. The van der Waals surface area contributed by atoms with Gasteiger partial charge in [0.05, 0.1) is 0 Å². The minimum atomic E-state index is -0.439. The van der Waals surface area contributed by atoms with Crippen molar-refractivity contribution in [2.75, 3.05) is 0 Å². The molecule has 0 N–H and O–H groups in total. The molecule has 4 heteroatoms. The lowest BCUT2D eigenvalue weighted by Gasteiger charge is -2.18. The number of pyridine rings is 1. The van der Waals surface area contributed by atoms with Crippen LogP contribution in [0.2, 0.25) is 0 Å². The molecular weight excluding hydrogens is 305 g/mol. The Balaban J connectivity index is 0.00000196. The molecule has 0 saturated carbocycles. The number of halogens is 1. The lowest BCUT2D eigenvalue weighted by atomic mass is 10.2. The second-order valence-corrected chi connectivity index (χ2v) is 4.26. The number of nitrogens with zero attached hydrogens (tertiary/aromatic N) is 1. The number of aryl methyl sites for hydroxylation is 1. The second-order valence-electron chi connectivity index (χ2n) is 4.26. The van der Waals surface area contributed by atoms with E-state index in [-0.39, 0.29) is 29.9 Å². The Labute approximate surface area is 107 Å². The van der Waals surface area contributed by atoms with Crippen molar-refractivity contribution in [2.24, 2.45) is 7.05 Å². The third-order valence-electron chi connectivity index (χ3n) is 1.57. The van der Waals surface area contributed by atoms with Gasteiger partial charge in [-0.3, -0.25) is 0 Å². The first-order chi connectivity index (χ1) is 6.38. The van der Waals surface area contributed by atoms with Crippen LogP contribution in [0.3, 0.4) is 0 Å². The molecule has 0 aromatic carbocycles. The topological polar surface area (TPSA) is 30.2 Å². The number of esters is 1. The summed E-state index contributed by atoms with van der Waals surface area (Å²) < 4.78 is 7.05. The monoisotopic (exact) mass is 321 g/mol. The molecule has 0 atom stereocenters.